The van der Waals surface area contributed by atoms with E-state index in [1.807, 2.05) is 0 Å². The van der Waals surface area contributed by atoms with Gasteiger partial charge in [0.2, 0.25) is 0 Å². The number of ether oxygens (including phenoxy) is 1. The minimum absolute atomic E-state index is 0.0854. The Bertz CT molecular complexity index is 1330. The van der Waals surface area contributed by atoms with E-state index in [0.29, 0.717) is 35.2 Å². The van der Waals surface area contributed by atoms with Crippen LogP contribution in [0.4, 0.5) is 18.0 Å². The Morgan fingerprint density at radius 3 is 2.64 bits per heavy atom. The molecule has 0 bridgehead atoms. The highest BCUT2D eigenvalue weighted by Crippen LogP contribution is 2.46. The van der Waals surface area contributed by atoms with E-state index in [0.717, 1.165) is 11.6 Å². The van der Waals surface area contributed by atoms with Crippen LogP contribution in [-0.4, -0.2) is 32.2 Å². The van der Waals surface area contributed by atoms with Crippen LogP contribution in [0, 0.1) is 17.5 Å². The Morgan fingerprint density at radius 1 is 1.18 bits per heavy atom. The third-order valence-corrected chi connectivity index (χ3v) is 5.84. The van der Waals surface area contributed by atoms with Gasteiger partial charge < -0.3 is 15.0 Å². The zero-order valence-corrected chi connectivity index (χ0v) is 17.6. The quantitative estimate of drug-likeness (QED) is 0.462. The maximum Gasteiger partial charge on any atom is 0.407 e. The van der Waals surface area contributed by atoms with Crippen molar-refractivity contribution in [2.75, 3.05) is 0 Å². The second-order valence-corrected chi connectivity index (χ2v) is 8.16. The molecule has 5 rings (SSSR count). The van der Waals surface area contributed by atoms with Crippen molar-refractivity contribution in [3.05, 3.63) is 71.3 Å². The summed E-state index contributed by atoms with van der Waals surface area (Å²) >= 11 is 0. The number of aromatic nitrogens is 4. The standard InChI is InChI=1S/C23H20F3N5O2/c1-31-11-16(29-30-31)10-27-23(32)33-17-6-13(7-17)20-18-8-15(25)9-19(26)22(18)28-21(20)12-2-4-14(24)5-3-12/h2-5,8-9,11,13,17,28H,6-7,10H2,1H3,(H,27,32)/t13-,17-. The molecule has 7 nitrogen and oxygen atoms in total. The predicted octanol–water partition coefficient (Wildman–Crippen LogP) is 4.55. The average molecular weight is 455 g/mol. The molecule has 2 N–H and O–H groups in total. The number of alkyl carbamates (subject to hydrolysis) is 1. The van der Waals surface area contributed by atoms with Crippen LogP contribution in [0.1, 0.15) is 30.0 Å². The molecule has 0 radical (unpaired) electrons. The minimum atomic E-state index is -0.699. The number of rotatable bonds is 5. The lowest BCUT2D eigenvalue weighted by Gasteiger charge is -2.35. The number of benzene rings is 2. The van der Waals surface area contributed by atoms with Gasteiger partial charge in [-0.15, -0.1) is 5.10 Å². The summed E-state index contributed by atoms with van der Waals surface area (Å²) in [6.07, 6.45) is 1.78. The first-order valence-corrected chi connectivity index (χ1v) is 10.4. The lowest BCUT2D eigenvalue weighted by atomic mass is 9.75. The number of halogens is 3. The summed E-state index contributed by atoms with van der Waals surface area (Å²) in [5.41, 5.74) is 2.79. The molecular weight excluding hydrogens is 435 g/mol. The summed E-state index contributed by atoms with van der Waals surface area (Å²) in [6.45, 7) is 0.193. The Labute approximate surface area is 186 Å². The van der Waals surface area contributed by atoms with Crippen LogP contribution < -0.4 is 5.32 Å². The van der Waals surface area contributed by atoms with E-state index in [1.54, 1.807) is 25.4 Å². The van der Waals surface area contributed by atoms with Crippen molar-refractivity contribution in [2.24, 2.45) is 7.05 Å². The second-order valence-electron chi connectivity index (χ2n) is 8.16. The summed E-state index contributed by atoms with van der Waals surface area (Å²) in [5.74, 6) is -1.85. The van der Waals surface area contributed by atoms with E-state index in [-0.39, 0.29) is 24.1 Å². The van der Waals surface area contributed by atoms with Crippen molar-refractivity contribution in [1.29, 1.82) is 0 Å². The summed E-state index contributed by atoms with van der Waals surface area (Å²) in [7, 11) is 1.73. The molecule has 2 heterocycles. The number of aromatic amines is 1. The second kappa shape index (κ2) is 8.27. The lowest BCUT2D eigenvalue weighted by molar-refractivity contribution is 0.0396. The zero-order valence-electron chi connectivity index (χ0n) is 17.6. The minimum Gasteiger partial charge on any atom is -0.446 e. The zero-order chi connectivity index (χ0) is 23.1. The van der Waals surface area contributed by atoms with Crippen LogP contribution in [0.3, 0.4) is 0 Å². The molecule has 2 aromatic carbocycles. The molecule has 1 aliphatic rings. The van der Waals surface area contributed by atoms with E-state index in [2.05, 4.69) is 20.6 Å². The predicted molar refractivity (Wildman–Crippen MR) is 114 cm³/mol. The fourth-order valence-corrected chi connectivity index (χ4v) is 4.24. The van der Waals surface area contributed by atoms with Crippen molar-refractivity contribution in [2.45, 2.75) is 31.4 Å². The molecule has 2 aromatic heterocycles. The third-order valence-electron chi connectivity index (χ3n) is 5.84. The number of carbonyl (C=O) groups is 1. The largest absolute Gasteiger partial charge is 0.446 e. The van der Waals surface area contributed by atoms with Crippen molar-refractivity contribution in [3.8, 4) is 11.3 Å². The molecule has 0 atom stereocenters. The van der Waals surface area contributed by atoms with Crippen LogP contribution in [0.25, 0.3) is 22.2 Å². The van der Waals surface area contributed by atoms with Crippen LogP contribution in [0.15, 0.2) is 42.6 Å². The molecule has 33 heavy (non-hydrogen) atoms. The van der Waals surface area contributed by atoms with Gasteiger partial charge in [-0.25, -0.2) is 18.0 Å². The first-order valence-electron chi connectivity index (χ1n) is 10.4. The highest BCUT2D eigenvalue weighted by atomic mass is 19.1. The lowest BCUT2D eigenvalue weighted by Crippen LogP contribution is -2.36. The fourth-order valence-electron chi connectivity index (χ4n) is 4.24. The smallest absolute Gasteiger partial charge is 0.407 e. The Balaban J connectivity index is 1.34. The number of hydrogen-bond donors (Lipinski definition) is 2. The molecule has 4 aromatic rings. The molecule has 0 spiro atoms. The summed E-state index contributed by atoms with van der Waals surface area (Å²) in [5, 5.41) is 10.7. The molecular formula is C23H20F3N5O2. The molecule has 0 saturated heterocycles. The third kappa shape index (κ3) is 4.15. The van der Waals surface area contributed by atoms with Crippen molar-refractivity contribution < 1.29 is 22.7 Å². The van der Waals surface area contributed by atoms with Gasteiger partial charge in [0.25, 0.3) is 0 Å². The van der Waals surface area contributed by atoms with Gasteiger partial charge in [0.15, 0.2) is 0 Å². The van der Waals surface area contributed by atoms with Gasteiger partial charge in [0.1, 0.15) is 29.2 Å². The topological polar surface area (TPSA) is 84.8 Å². The molecule has 1 aliphatic carbocycles. The van der Waals surface area contributed by atoms with E-state index in [4.69, 9.17) is 4.74 Å². The average Bonchev–Trinajstić information content (AvgIpc) is 3.33. The normalized spacial score (nSPS) is 17.7. The highest BCUT2D eigenvalue weighted by Gasteiger charge is 2.37. The van der Waals surface area contributed by atoms with Crippen LogP contribution in [-0.2, 0) is 18.3 Å². The van der Waals surface area contributed by atoms with Gasteiger partial charge in [-0.05, 0) is 60.2 Å². The maximum absolute atomic E-state index is 14.5. The molecule has 1 amide bonds. The van der Waals surface area contributed by atoms with Gasteiger partial charge in [0, 0.05) is 24.7 Å². The number of carbonyl (C=O) groups excluding carboxylic acids is 1. The number of fused-ring (bicyclic) bond motifs is 1. The number of nitrogens with zero attached hydrogens (tertiary/aromatic N) is 3. The van der Waals surface area contributed by atoms with Crippen molar-refractivity contribution >= 4 is 17.0 Å². The van der Waals surface area contributed by atoms with E-state index >= 15 is 0 Å². The van der Waals surface area contributed by atoms with Gasteiger partial charge in [-0.1, -0.05) is 5.21 Å². The van der Waals surface area contributed by atoms with Crippen LogP contribution in [0.2, 0.25) is 0 Å². The molecule has 170 valence electrons. The van der Waals surface area contributed by atoms with E-state index in [9.17, 15) is 18.0 Å². The van der Waals surface area contributed by atoms with E-state index in [1.165, 1.54) is 22.9 Å². The Kier molecular flexibility index (Phi) is 5.27. The van der Waals surface area contributed by atoms with Gasteiger partial charge >= 0.3 is 6.09 Å². The number of nitrogens with one attached hydrogen (secondary N) is 2. The number of hydrogen-bond acceptors (Lipinski definition) is 4. The van der Waals surface area contributed by atoms with Gasteiger partial charge in [-0.2, -0.15) is 0 Å². The maximum atomic E-state index is 14.5. The monoisotopic (exact) mass is 455 g/mol. The number of H-pyrrole nitrogens is 1. The molecule has 10 heteroatoms. The van der Waals surface area contributed by atoms with Crippen LogP contribution in [0.5, 0.6) is 0 Å². The summed E-state index contributed by atoms with van der Waals surface area (Å²) in [6, 6.07) is 7.92. The van der Waals surface area contributed by atoms with E-state index < -0.39 is 23.5 Å². The Morgan fingerprint density at radius 2 is 1.94 bits per heavy atom. The van der Waals surface area contributed by atoms with Crippen molar-refractivity contribution in [3.63, 3.8) is 0 Å². The SMILES string of the molecule is Cn1cc(CNC(=O)O[C@H]2C[C@H](c3c(-c4ccc(F)cc4)[nH]c4c(F)cc(F)cc43)C2)nn1. The molecule has 1 fully saturated rings. The fraction of sp³-hybridized carbons (Fsp3) is 0.261. The number of aryl methyl sites for hydroxylation is 1. The number of amides is 1. The highest BCUT2D eigenvalue weighted by molar-refractivity contribution is 5.92. The Hall–Kier alpha value is -3.82. The molecule has 1 saturated carbocycles. The first-order chi connectivity index (χ1) is 15.9. The van der Waals surface area contributed by atoms with Gasteiger partial charge in [0.05, 0.1) is 17.8 Å². The van der Waals surface area contributed by atoms with Crippen LogP contribution >= 0.6 is 0 Å². The molecule has 0 aliphatic heterocycles. The van der Waals surface area contributed by atoms with Gasteiger partial charge in [-0.3, -0.25) is 4.68 Å². The first kappa shape index (κ1) is 21.0. The van der Waals surface area contributed by atoms with Crippen molar-refractivity contribution in [1.82, 2.24) is 25.3 Å². The molecule has 0 unspecified atom stereocenters. The summed E-state index contributed by atoms with van der Waals surface area (Å²) in [4.78, 5) is 15.2. The summed E-state index contributed by atoms with van der Waals surface area (Å²) < 4.78 is 48.9.